The van der Waals surface area contributed by atoms with Gasteiger partial charge in [-0.15, -0.1) is 0 Å². The molecule has 1 aliphatic rings. The van der Waals surface area contributed by atoms with Crippen molar-refractivity contribution in [2.45, 2.75) is 10.9 Å². The Labute approximate surface area is 112 Å². The van der Waals surface area contributed by atoms with Gasteiger partial charge in [0.2, 0.25) is 0 Å². The monoisotopic (exact) mass is 289 g/mol. The molecule has 1 saturated heterocycles. The third-order valence-corrected chi connectivity index (χ3v) is 4.31. The second-order valence-corrected chi connectivity index (χ2v) is 6.52. The Balaban J connectivity index is 2.25. The molecule has 108 valence electrons. The van der Waals surface area contributed by atoms with Gasteiger partial charge in [-0.1, -0.05) is 0 Å². The molecule has 2 rings (SSSR count). The Morgan fingerprint density at radius 3 is 3.11 bits per heavy atom. The Morgan fingerprint density at radius 1 is 1.63 bits per heavy atom. The minimum absolute atomic E-state index is 0.129. The SMILES string of the molecule is COCCN1CCOCC1c1[nH]ncc1S(C)(=O)=O. The van der Waals surface area contributed by atoms with Crippen molar-refractivity contribution >= 4 is 9.84 Å². The molecule has 1 aliphatic heterocycles. The van der Waals surface area contributed by atoms with Gasteiger partial charge >= 0.3 is 0 Å². The topological polar surface area (TPSA) is 84.5 Å². The zero-order valence-electron chi connectivity index (χ0n) is 11.1. The highest BCUT2D eigenvalue weighted by molar-refractivity contribution is 7.90. The van der Waals surface area contributed by atoms with Crippen molar-refractivity contribution in [3.63, 3.8) is 0 Å². The van der Waals surface area contributed by atoms with Gasteiger partial charge in [-0.3, -0.25) is 10.00 Å². The summed E-state index contributed by atoms with van der Waals surface area (Å²) in [6, 6.07) is -0.129. The summed E-state index contributed by atoms with van der Waals surface area (Å²) < 4.78 is 34.0. The summed E-state index contributed by atoms with van der Waals surface area (Å²) in [7, 11) is -1.64. The fourth-order valence-corrected chi connectivity index (χ4v) is 3.02. The standard InChI is InChI=1S/C11H19N3O4S/c1-17-5-3-14-4-6-18-8-9(14)11-10(7-12-13-11)19(2,15)16/h7,9H,3-6,8H2,1-2H3,(H,12,13). The maximum atomic E-state index is 11.7. The van der Waals surface area contributed by atoms with Crippen LogP contribution in [0.25, 0.3) is 0 Å². The van der Waals surface area contributed by atoms with Crippen LogP contribution in [0.4, 0.5) is 0 Å². The molecular formula is C11H19N3O4S. The molecule has 0 saturated carbocycles. The summed E-state index contributed by atoms with van der Waals surface area (Å²) in [5, 5.41) is 6.66. The zero-order chi connectivity index (χ0) is 13.9. The van der Waals surface area contributed by atoms with Crippen molar-refractivity contribution < 1.29 is 17.9 Å². The molecule has 0 amide bonds. The fourth-order valence-electron chi connectivity index (χ4n) is 2.20. The number of methoxy groups -OCH3 is 1. The quantitative estimate of drug-likeness (QED) is 0.810. The van der Waals surface area contributed by atoms with Crippen LogP contribution < -0.4 is 0 Å². The molecule has 0 aromatic carbocycles. The molecule has 7 nitrogen and oxygen atoms in total. The Kier molecular flexibility index (Phi) is 4.56. The maximum absolute atomic E-state index is 11.7. The summed E-state index contributed by atoms with van der Waals surface area (Å²) in [4.78, 5) is 2.39. The summed E-state index contributed by atoms with van der Waals surface area (Å²) in [6.07, 6.45) is 2.54. The van der Waals surface area contributed by atoms with Gasteiger partial charge < -0.3 is 9.47 Å². The van der Waals surface area contributed by atoms with Gasteiger partial charge in [0, 0.05) is 26.5 Å². The highest BCUT2D eigenvalue weighted by Crippen LogP contribution is 2.27. The molecular weight excluding hydrogens is 270 g/mol. The number of aromatic amines is 1. The van der Waals surface area contributed by atoms with E-state index in [1.807, 2.05) is 0 Å². The maximum Gasteiger partial charge on any atom is 0.178 e. The highest BCUT2D eigenvalue weighted by atomic mass is 32.2. The molecule has 0 spiro atoms. The van der Waals surface area contributed by atoms with E-state index in [-0.39, 0.29) is 10.9 Å². The van der Waals surface area contributed by atoms with Gasteiger partial charge in [-0.05, 0) is 0 Å². The lowest BCUT2D eigenvalue weighted by Gasteiger charge is -2.35. The summed E-state index contributed by atoms with van der Waals surface area (Å²) in [5.41, 5.74) is 0.596. The molecule has 0 aliphatic carbocycles. The number of ether oxygens (including phenoxy) is 2. The predicted octanol–water partition coefficient (Wildman–Crippen LogP) is -0.167. The van der Waals surface area contributed by atoms with Gasteiger partial charge in [0.1, 0.15) is 4.90 Å². The Hall–Kier alpha value is -0.960. The van der Waals surface area contributed by atoms with E-state index in [1.54, 1.807) is 7.11 Å². The first-order valence-electron chi connectivity index (χ1n) is 6.08. The van der Waals surface area contributed by atoms with Crippen molar-refractivity contribution in [2.75, 3.05) is 46.3 Å². The van der Waals surface area contributed by atoms with E-state index in [0.717, 1.165) is 13.1 Å². The largest absolute Gasteiger partial charge is 0.383 e. The number of morpholine rings is 1. The fraction of sp³-hybridized carbons (Fsp3) is 0.727. The lowest BCUT2D eigenvalue weighted by atomic mass is 10.1. The number of rotatable bonds is 5. The number of hydrogen-bond donors (Lipinski definition) is 1. The van der Waals surface area contributed by atoms with E-state index >= 15 is 0 Å². The average molecular weight is 289 g/mol. The highest BCUT2D eigenvalue weighted by Gasteiger charge is 2.30. The number of aromatic nitrogens is 2. The summed E-state index contributed by atoms with van der Waals surface area (Å²) in [5.74, 6) is 0. The number of nitrogens with one attached hydrogen (secondary N) is 1. The molecule has 1 atom stereocenters. The zero-order valence-corrected chi connectivity index (χ0v) is 11.9. The number of nitrogens with zero attached hydrogens (tertiary/aromatic N) is 2. The molecule has 1 fully saturated rings. The Bertz CT molecular complexity index is 514. The van der Waals surface area contributed by atoms with Crippen LogP contribution in [0.3, 0.4) is 0 Å². The van der Waals surface area contributed by atoms with Crippen LogP contribution >= 0.6 is 0 Å². The molecule has 1 aromatic rings. The number of sulfone groups is 1. The summed E-state index contributed by atoms with van der Waals surface area (Å²) in [6.45, 7) is 3.17. The van der Waals surface area contributed by atoms with Crippen molar-refractivity contribution in [2.24, 2.45) is 0 Å². The van der Waals surface area contributed by atoms with Crippen molar-refractivity contribution in [3.05, 3.63) is 11.9 Å². The average Bonchev–Trinajstić information content (AvgIpc) is 2.85. The van der Waals surface area contributed by atoms with Crippen molar-refractivity contribution in [1.82, 2.24) is 15.1 Å². The summed E-state index contributed by atoms with van der Waals surface area (Å²) >= 11 is 0. The van der Waals surface area contributed by atoms with E-state index < -0.39 is 9.84 Å². The molecule has 0 bridgehead atoms. The lowest BCUT2D eigenvalue weighted by molar-refractivity contribution is -0.0200. The first kappa shape index (κ1) is 14.4. The molecule has 2 heterocycles. The third-order valence-electron chi connectivity index (χ3n) is 3.19. The predicted molar refractivity (Wildman–Crippen MR) is 68.7 cm³/mol. The van der Waals surface area contributed by atoms with Crippen LogP contribution in [-0.4, -0.2) is 69.8 Å². The third kappa shape index (κ3) is 3.33. The normalized spacial score (nSPS) is 21.7. The van der Waals surface area contributed by atoms with Crippen LogP contribution in [0, 0.1) is 0 Å². The minimum atomic E-state index is -3.29. The first-order chi connectivity index (χ1) is 9.04. The molecule has 1 unspecified atom stereocenters. The second-order valence-electron chi connectivity index (χ2n) is 4.54. The number of hydrogen-bond acceptors (Lipinski definition) is 6. The molecule has 8 heteroatoms. The second kappa shape index (κ2) is 6.00. The van der Waals surface area contributed by atoms with E-state index in [0.29, 0.717) is 25.5 Å². The van der Waals surface area contributed by atoms with Crippen LogP contribution in [0.5, 0.6) is 0 Å². The van der Waals surface area contributed by atoms with Crippen molar-refractivity contribution in [3.8, 4) is 0 Å². The van der Waals surface area contributed by atoms with Gasteiger partial charge in [-0.2, -0.15) is 5.10 Å². The van der Waals surface area contributed by atoms with E-state index in [4.69, 9.17) is 9.47 Å². The van der Waals surface area contributed by atoms with Gasteiger partial charge in [0.05, 0.1) is 37.8 Å². The van der Waals surface area contributed by atoms with Gasteiger partial charge in [0.25, 0.3) is 0 Å². The lowest BCUT2D eigenvalue weighted by Crippen LogP contribution is -2.41. The Morgan fingerprint density at radius 2 is 2.42 bits per heavy atom. The van der Waals surface area contributed by atoms with E-state index in [2.05, 4.69) is 15.1 Å². The van der Waals surface area contributed by atoms with Crippen LogP contribution in [0.1, 0.15) is 11.7 Å². The van der Waals surface area contributed by atoms with Crippen LogP contribution in [0.2, 0.25) is 0 Å². The molecule has 0 radical (unpaired) electrons. The van der Waals surface area contributed by atoms with E-state index in [9.17, 15) is 8.42 Å². The molecule has 1 aromatic heterocycles. The first-order valence-corrected chi connectivity index (χ1v) is 7.97. The smallest absolute Gasteiger partial charge is 0.178 e. The number of H-pyrrole nitrogens is 1. The van der Waals surface area contributed by atoms with Crippen LogP contribution in [-0.2, 0) is 19.3 Å². The van der Waals surface area contributed by atoms with Crippen LogP contribution in [0.15, 0.2) is 11.1 Å². The minimum Gasteiger partial charge on any atom is -0.383 e. The van der Waals surface area contributed by atoms with Gasteiger partial charge in [0.15, 0.2) is 9.84 Å². The molecule has 19 heavy (non-hydrogen) atoms. The van der Waals surface area contributed by atoms with Gasteiger partial charge in [-0.25, -0.2) is 8.42 Å². The van der Waals surface area contributed by atoms with Crippen molar-refractivity contribution in [1.29, 1.82) is 0 Å². The van der Waals surface area contributed by atoms with E-state index in [1.165, 1.54) is 12.5 Å². The molecule has 1 N–H and O–H groups in total.